The van der Waals surface area contributed by atoms with E-state index >= 15 is 0 Å². The molecule has 0 aliphatic carbocycles. The van der Waals surface area contributed by atoms with Crippen LogP contribution < -0.4 is 39.4 Å². The Hall–Kier alpha value is -1.05. The summed E-state index contributed by atoms with van der Waals surface area (Å²) in [6.07, 6.45) is 7.71. The Kier molecular flexibility index (Phi) is 10.4. The van der Waals surface area contributed by atoms with Crippen molar-refractivity contribution >= 4 is 10.1 Å². The first-order valence-corrected chi connectivity index (χ1v) is 10.4. The minimum atomic E-state index is -4.40. The molecule has 2 aromatic carbocycles. The van der Waals surface area contributed by atoms with E-state index in [9.17, 15) is 18.1 Å². The van der Waals surface area contributed by atoms with Gasteiger partial charge in [0, 0.05) is 0 Å². The van der Waals surface area contributed by atoms with Crippen LogP contribution in [0.4, 0.5) is 0 Å². The molecule has 0 aliphatic heterocycles. The van der Waals surface area contributed by atoms with Crippen LogP contribution in [0, 0.1) is 0 Å². The number of benzene rings is 2. The molecule has 27 heavy (non-hydrogen) atoms. The summed E-state index contributed by atoms with van der Waals surface area (Å²) in [5.74, 6) is 0.108. The van der Waals surface area contributed by atoms with Crippen molar-refractivity contribution in [2.24, 2.45) is 0 Å². The Morgan fingerprint density at radius 1 is 1.00 bits per heavy atom. The molecule has 0 amide bonds. The molecule has 0 atom stereocenters. The third kappa shape index (κ3) is 7.84. The Morgan fingerprint density at radius 3 is 2.33 bits per heavy atom. The van der Waals surface area contributed by atoms with Gasteiger partial charge in [-0.15, -0.1) is 5.75 Å². The first-order chi connectivity index (χ1) is 12.4. The Balaban J connectivity index is 0.00000364. The minimum absolute atomic E-state index is 0. The average Bonchev–Trinajstić information content (AvgIpc) is 2.59. The molecule has 0 saturated heterocycles. The molecular formula is C20H25NaO5S. The monoisotopic (exact) mass is 400 g/mol. The molecule has 142 valence electrons. The van der Waals surface area contributed by atoms with Crippen LogP contribution in [0.2, 0.25) is 0 Å². The Morgan fingerprint density at radius 2 is 1.67 bits per heavy atom. The van der Waals surface area contributed by atoms with Gasteiger partial charge in [-0.05, 0) is 37.1 Å². The zero-order valence-corrected chi connectivity index (χ0v) is 18.8. The molecular weight excluding hydrogens is 375 g/mol. The maximum absolute atomic E-state index is 12.2. The van der Waals surface area contributed by atoms with Gasteiger partial charge in [0.15, 0.2) is 0 Å². The van der Waals surface area contributed by atoms with Crippen LogP contribution in [0.25, 0.3) is 0 Å². The van der Waals surface area contributed by atoms with Crippen molar-refractivity contribution in [1.82, 2.24) is 0 Å². The van der Waals surface area contributed by atoms with Crippen LogP contribution in [-0.4, -0.2) is 13.0 Å². The van der Waals surface area contributed by atoms with Crippen molar-refractivity contribution in [3.63, 3.8) is 0 Å². The van der Waals surface area contributed by atoms with Crippen LogP contribution in [0.3, 0.4) is 0 Å². The van der Waals surface area contributed by atoms with Gasteiger partial charge in [-0.3, -0.25) is 4.55 Å². The third-order valence-corrected chi connectivity index (χ3v) is 5.09. The van der Waals surface area contributed by atoms with Gasteiger partial charge in [-0.25, -0.2) is 0 Å². The number of para-hydroxylation sites is 1. The SMILES string of the molecule is CCCCCCCCc1ccc(Oc2ccccc2S(=O)(=O)O)cc1[O-].[Na+]. The van der Waals surface area contributed by atoms with Gasteiger partial charge in [-0.2, -0.15) is 8.42 Å². The fourth-order valence-electron chi connectivity index (χ4n) is 2.78. The van der Waals surface area contributed by atoms with E-state index in [0.29, 0.717) is 0 Å². The van der Waals surface area contributed by atoms with E-state index in [1.807, 2.05) is 0 Å². The predicted molar refractivity (Wildman–Crippen MR) is 99.3 cm³/mol. The van der Waals surface area contributed by atoms with Crippen LogP contribution in [0.5, 0.6) is 17.2 Å². The van der Waals surface area contributed by atoms with Crippen LogP contribution >= 0.6 is 0 Å². The normalized spacial score (nSPS) is 11.0. The van der Waals surface area contributed by atoms with Crippen LogP contribution in [0.15, 0.2) is 47.4 Å². The fourth-order valence-corrected chi connectivity index (χ4v) is 3.39. The van der Waals surface area contributed by atoms with E-state index in [1.165, 1.54) is 49.9 Å². The molecule has 0 spiro atoms. The van der Waals surface area contributed by atoms with E-state index in [0.717, 1.165) is 24.8 Å². The number of hydrogen-bond acceptors (Lipinski definition) is 4. The first kappa shape index (κ1) is 24.0. The largest absolute Gasteiger partial charge is 1.00 e. The Labute approximate surface area is 183 Å². The van der Waals surface area contributed by atoms with Crippen molar-refractivity contribution in [3.8, 4) is 17.2 Å². The number of hydrogen-bond donors (Lipinski definition) is 1. The summed E-state index contributed by atoms with van der Waals surface area (Å²) in [6.45, 7) is 2.18. The Bertz CT molecular complexity index is 821. The standard InChI is InChI=1S/C20H26O5S.Na/c1-2-3-4-5-6-7-10-16-13-14-17(15-18(16)21)25-19-11-8-9-12-20(19)26(22,23)24;/h8-9,11-15,21H,2-7,10H2,1H3,(H,22,23,24);/q;+1/p-1. The molecule has 2 aromatic rings. The summed E-state index contributed by atoms with van der Waals surface area (Å²) >= 11 is 0. The summed E-state index contributed by atoms with van der Waals surface area (Å²) in [5, 5.41) is 12.2. The molecule has 0 radical (unpaired) electrons. The summed E-state index contributed by atoms with van der Waals surface area (Å²) < 4.78 is 37.5. The molecule has 0 heterocycles. The van der Waals surface area contributed by atoms with E-state index in [1.54, 1.807) is 18.2 Å². The van der Waals surface area contributed by atoms with E-state index < -0.39 is 10.1 Å². The van der Waals surface area contributed by atoms with E-state index in [4.69, 9.17) is 4.74 Å². The van der Waals surface area contributed by atoms with Crippen molar-refractivity contribution in [1.29, 1.82) is 0 Å². The second kappa shape index (κ2) is 11.7. The van der Waals surface area contributed by atoms with Crippen molar-refractivity contribution in [2.45, 2.75) is 56.8 Å². The third-order valence-electron chi connectivity index (χ3n) is 4.19. The maximum Gasteiger partial charge on any atom is 1.00 e. The zero-order chi connectivity index (χ0) is 19.0. The van der Waals surface area contributed by atoms with E-state index in [-0.39, 0.29) is 51.7 Å². The predicted octanol–water partition coefficient (Wildman–Crippen LogP) is 1.71. The van der Waals surface area contributed by atoms with Gasteiger partial charge < -0.3 is 9.84 Å². The smallest absolute Gasteiger partial charge is 0.872 e. The molecule has 5 nitrogen and oxygen atoms in total. The topological polar surface area (TPSA) is 86.7 Å². The summed E-state index contributed by atoms with van der Waals surface area (Å²) in [5.41, 5.74) is 0.732. The van der Waals surface area contributed by atoms with Gasteiger partial charge in [0.2, 0.25) is 0 Å². The minimum Gasteiger partial charge on any atom is -0.872 e. The summed E-state index contributed by atoms with van der Waals surface area (Å²) in [7, 11) is -4.40. The summed E-state index contributed by atoms with van der Waals surface area (Å²) in [6, 6.07) is 10.5. The average molecular weight is 400 g/mol. The second-order valence-corrected chi connectivity index (χ2v) is 7.70. The van der Waals surface area contributed by atoms with Gasteiger partial charge in [0.05, 0.1) is 0 Å². The number of rotatable bonds is 10. The number of ether oxygens (including phenoxy) is 1. The number of unbranched alkanes of at least 4 members (excludes halogenated alkanes) is 5. The second-order valence-electron chi connectivity index (χ2n) is 6.31. The van der Waals surface area contributed by atoms with Crippen molar-refractivity contribution in [2.75, 3.05) is 0 Å². The van der Waals surface area contributed by atoms with Gasteiger partial charge >= 0.3 is 29.6 Å². The molecule has 0 saturated carbocycles. The van der Waals surface area contributed by atoms with E-state index in [2.05, 4.69) is 6.92 Å². The van der Waals surface area contributed by atoms with Crippen molar-refractivity contribution in [3.05, 3.63) is 48.0 Å². The van der Waals surface area contributed by atoms with Gasteiger partial charge in [-0.1, -0.05) is 62.8 Å². The van der Waals surface area contributed by atoms with Gasteiger partial charge in [0.1, 0.15) is 16.4 Å². The molecule has 1 N–H and O–H groups in total. The van der Waals surface area contributed by atoms with Crippen LogP contribution in [0.1, 0.15) is 51.0 Å². The van der Waals surface area contributed by atoms with Crippen molar-refractivity contribution < 1.29 is 52.4 Å². The molecule has 7 heteroatoms. The molecule has 0 aliphatic rings. The molecule has 0 aromatic heterocycles. The molecule has 2 rings (SSSR count). The fraction of sp³-hybridized carbons (Fsp3) is 0.400. The maximum atomic E-state index is 12.2. The summed E-state index contributed by atoms with van der Waals surface area (Å²) in [4.78, 5) is -0.330. The quantitative estimate of drug-likeness (QED) is 0.373. The van der Waals surface area contributed by atoms with Gasteiger partial charge in [0.25, 0.3) is 10.1 Å². The zero-order valence-electron chi connectivity index (χ0n) is 16.0. The molecule has 0 bridgehead atoms. The molecule has 0 fully saturated rings. The molecule has 0 unspecified atom stereocenters. The van der Waals surface area contributed by atoms with Crippen LogP contribution in [-0.2, 0) is 16.5 Å². The number of aryl methyl sites for hydroxylation is 1. The first-order valence-electron chi connectivity index (χ1n) is 8.96.